The van der Waals surface area contributed by atoms with Gasteiger partial charge in [-0.15, -0.1) is 5.06 Å². The first-order valence-electron chi connectivity index (χ1n) is 10.6. The first-order valence-corrected chi connectivity index (χ1v) is 10.6. The summed E-state index contributed by atoms with van der Waals surface area (Å²) in [6.45, 7) is 10.2. The van der Waals surface area contributed by atoms with Crippen LogP contribution in [0.25, 0.3) is 0 Å². The van der Waals surface area contributed by atoms with Gasteiger partial charge in [-0.25, -0.2) is 4.79 Å². The molecule has 0 saturated carbocycles. The first-order chi connectivity index (χ1) is 13.8. The van der Waals surface area contributed by atoms with Crippen molar-refractivity contribution in [3.63, 3.8) is 0 Å². The van der Waals surface area contributed by atoms with Crippen LogP contribution in [0.2, 0.25) is 0 Å². The number of rotatable bonds is 9. The Morgan fingerprint density at radius 1 is 1.21 bits per heavy atom. The molecule has 0 aromatic carbocycles. The molecule has 9 heteroatoms. The van der Waals surface area contributed by atoms with Gasteiger partial charge in [-0.05, 0) is 31.1 Å². The maximum atomic E-state index is 12.9. The zero-order chi connectivity index (χ0) is 21.4. The summed E-state index contributed by atoms with van der Waals surface area (Å²) >= 11 is 0. The zero-order valence-corrected chi connectivity index (χ0v) is 17.9. The Bertz CT molecular complexity index is 564. The van der Waals surface area contributed by atoms with Crippen LogP contribution in [0.15, 0.2) is 0 Å². The van der Waals surface area contributed by atoms with Crippen molar-refractivity contribution in [2.75, 3.05) is 32.9 Å². The highest BCUT2D eigenvalue weighted by Gasteiger charge is 2.37. The van der Waals surface area contributed by atoms with Gasteiger partial charge in [-0.2, -0.15) is 0 Å². The number of nitrogens with one attached hydrogen (secondary N) is 2. The van der Waals surface area contributed by atoms with Crippen LogP contribution in [-0.4, -0.2) is 73.9 Å². The minimum Gasteiger partial charge on any atom is -0.379 e. The van der Waals surface area contributed by atoms with Crippen molar-refractivity contribution in [3.05, 3.63) is 0 Å². The van der Waals surface area contributed by atoms with E-state index in [1.54, 1.807) is 0 Å². The number of carbonyl (C=O) groups excluding carboxylic acids is 3. The minimum atomic E-state index is -0.782. The van der Waals surface area contributed by atoms with Crippen LogP contribution in [0.1, 0.15) is 47.0 Å². The lowest BCUT2D eigenvalue weighted by atomic mass is 9.91. The molecule has 0 aromatic heterocycles. The van der Waals surface area contributed by atoms with Crippen LogP contribution in [-0.2, 0) is 23.9 Å². The maximum Gasteiger partial charge on any atom is 0.426 e. The molecule has 2 aliphatic rings. The first kappa shape index (κ1) is 23.6. The second-order valence-electron chi connectivity index (χ2n) is 8.13. The molecular weight excluding hydrogens is 378 g/mol. The number of ketones is 1. The molecule has 0 aromatic rings. The van der Waals surface area contributed by atoms with Crippen LogP contribution in [0.5, 0.6) is 0 Å². The number of hydroxylamine groups is 2. The summed E-state index contributed by atoms with van der Waals surface area (Å²) in [6, 6.07) is -1.45. The molecule has 166 valence electrons. The SMILES string of the molecule is CCC1OCC(=O)C1NC(=O)[C@H](CCC(C)C(C)C)NC(=O)ON1CCOCC1. The van der Waals surface area contributed by atoms with Crippen molar-refractivity contribution in [2.24, 2.45) is 11.8 Å². The molecule has 0 aliphatic carbocycles. The average Bonchev–Trinajstić information content (AvgIpc) is 3.04. The molecule has 9 nitrogen and oxygen atoms in total. The van der Waals surface area contributed by atoms with Crippen LogP contribution in [0.4, 0.5) is 4.79 Å². The van der Waals surface area contributed by atoms with Gasteiger partial charge < -0.3 is 24.9 Å². The number of carbonyl (C=O) groups is 3. The third-order valence-corrected chi connectivity index (χ3v) is 5.70. The average molecular weight is 414 g/mol. The highest BCUT2D eigenvalue weighted by Crippen LogP contribution is 2.18. The van der Waals surface area contributed by atoms with E-state index in [0.717, 1.165) is 6.42 Å². The standard InChI is InChI=1S/C20H35N3O6/c1-5-17-18(16(24)12-28-17)22-19(25)15(7-6-14(4)13(2)3)21-20(26)29-23-8-10-27-11-9-23/h13-15,17-18H,5-12H2,1-4H3,(H,21,26)(H,22,25)/t14?,15-,17?,18?/m0/s1. The number of amides is 2. The molecule has 0 radical (unpaired) electrons. The Labute approximate surface area is 172 Å². The van der Waals surface area contributed by atoms with E-state index >= 15 is 0 Å². The lowest BCUT2D eigenvalue weighted by molar-refractivity contribution is -0.147. The molecule has 0 bridgehead atoms. The third-order valence-electron chi connectivity index (χ3n) is 5.70. The molecule has 2 N–H and O–H groups in total. The predicted octanol–water partition coefficient (Wildman–Crippen LogP) is 1.26. The van der Waals surface area contributed by atoms with Crippen molar-refractivity contribution in [3.8, 4) is 0 Å². The fourth-order valence-electron chi connectivity index (χ4n) is 3.32. The molecule has 2 saturated heterocycles. The van der Waals surface area contributed by atoms with Gasteiger partial charge in [0.1, 0.15) is 18.7 Å². The summed E-state index contributed by atoms with van der Waals surface area (Å²) in [6.07, 6.45) is 0.840. The molecule has 0 spiro atoms. The summed E-state index contributed by atoms with van der Waals surface area (Å²) in [5, 5.41) is 6.97. The largest absolute Gasteiger partial charge is 0.426 e. The van der Waals surface area contributed by atoms with Gasteiger partial charge in [-0.1, -0.05) is 27.7 Å². The molecule has 3 unspecified atom stereocenters. The minimum absolute atomic E-state index is 0.00497. The second-order valence-corrected chi connectivity index (χ2v) is 8.13. The molecular formula is C20H35N3O6. The van der Waals surface area contributed by atoms with E-state index in [9.17, 15) is 14.4 Å². The topological polar surface area (TPSA) is 106 Å². The number of morpholine rings is 1. The number of nitrogens with zero attached hydrogens (tertiary/aromatic N) is 1. The number of hydrogen-bond donors (Lipinski definition) is 2. The third kappa shape index (κ3) is 7.24. The van der Waals surface area contributed by atoms with E-state index in [0.29, 0.717) is 51.0 Å². The molecule has 2 aliphatic heterocycles. The zero-order valence-electron chi connectivity index (χ0n) is 17.9. The van der Waals surface area contributed by atoms with Crippen molar-refractivity contribution >= 4 is 17.8 Å². The van der Waals surface area contributed by atoms with Gasteiger partial charge in [0.15, 0.2) is 5.78 Å². The van der Waals surface area contributed by atoms with Gasteiger partial charge in [0, 0.05) is 0 Å². The summed E-state index contributed by atoms with van der Waals surface area (Å²) in [7, 11) is 0. The van der Waals surface area contributed by atoms with E-state index < -0.39 is 18.2 Å². The summed E-state index contributed by atoms with van der Waals surface area (Å²) in [4.78, 5) is 42.6. The van der Waals surface area contributed by atoms with Crippen molar-refractivity contribution in [1.82, 2.24) is 15.7 Å². The predicted molar refractivity (Wildman–Crippen MR) is 106 cm³/mol. The Morgan fingerprint density at radius 3 is 2.52 bits per heavy atom. The lowest BCUT2D eigenvalue weighted by Crippen LogP contribution is -2.54. The Morgan fingerprint density at radius 2 is 1.90 bits per heavy atom. The molecule has 2 fully saturated rings. The summed E-state index contributed by atoms with van der Waals surface area (Å²) in [5.74, 6) is 0.327. The highest BCUT2D eigenvalue weighted by atomic mass is 16.7. The van der Waals surface area contributed by atoms with E-state index in [2.05, 4.69) is 31.4 Å². The van der Waals surface area contributed by atoms with Gasteiger partial charge in [0.2, 0.25) is 5.91 Å². The molecule has 2 heterocycles. The fraction of sp³-hybridized carbons (Fsp3) is 0.850. The molecule has 4 atom stereocenters. The van der Waals surface area contributed by atoms with Crippen LogP contribution >= 0.6 is 0 Å². The fourth-order valence-corrected chi connectivity index (χ4v) is 3.32. The summed E-state index contributed by atoms with van der Waals surface area (Å²) in [5.41, 5.74) is 0. The molecule has 2 amide bonds. The van der Waals surface area contributed by atoms with E-state index in [-0.39, 0.29) is 24.4 Å². The van der Waals surface area contributed by atoms with Crippen LogP contribution < -0.4 is 10.6 Å². The van der Waals surface area contributed by atoms with Gasteiger partial charge in [0.05, 0.1) is 32.4 Å². The quantitative estimate of drug-likeness (QED) is 0.586. The van der Waals surface area contributed by atoms with Crippen molar-refractivity contribution in [2.45, 2.75) is 65.1 Å². The summed E-state index contributed by atoms with van der Waals surface area (Å²) < 4.78 is 10.7. The van der Waals surface area contributed by atoms with Gasteiger partial charge in [0.25, 0.3) is 0 Å². The van der Waals surface area contributed by atoms with E-state index in [4.69, 9.17) is 14.3 Å². The lowest BCUT2D eigenvalue weighted by Gasteiger charge is -2.27. The van der Waals surface area contributed by atoms with Crippen LogP contribution in [0.3, 0.4) is 0 Å². The Kier molecular flexibility index (Phi) is 9.32. The maximum absolute atomic E-state index is 12.9. The molecule has 29 heavy (non-hydrogen) atoms. The van der Waals surface area contributed by atoms with Crippen LogP contribution in [0, 0.1) is 11.8 Å². The van der Waals surface area contributed by atoms with Gasteiger partial charge in [-0.3, -0.25) is 9.59 Å². The molecule has 2 rings (SSSR count). The number of hydrogen-bond acceptors (Lipinski definition) is 7. The number of Topliss-reactive ketones (excluding diaryl/α,β-unsaturated/α-hetero) is 1. The van der Waals surface area contributed by atoms with E-state index in [1.807, 2.05) is 6.92 Å². The highest BCUT2D eigenvalue weighted by molar-refractivity contribution is 5.94. The second kappa shape index (κ2) is 11.5. The Balaban J connectivity index is 1.97. The van der Waals surface area contributed by atoms with Gasteiger partial charge >= 0.3 is 6.09 Å². The van der Waals surface area contributed by atoms with E-state index in [1.165, 1.54) is 5.06 Å². The van der Waals surface area contributed by atoms with Crippen molar-refractivity contribution in [1.29, 1.82) is 0 Å². The number of ether oxygens (including phenoxy) is 2. The monoisotopic (exact) mass is 413 g/mol. The van der Waals surface area contributed by atoms with Crippen molar-refractivity contribution < 1.29 is 28.7 Å². The Hall–Kier alpha value is -1.71. The smallest absolute Gasteiger partial charge is 0.379 e. The normalized spacial score (nSPS) is 24.9.